The summed E-state index contributed by atoms with van der Waals surface area (Å²) in [4.78, 5) is 33.3. The van der Waals surface area contributed by atoms with Crippen LogP contribution >= 0.6 is 0 Å². The number of hydrogen-bond acceptors (Lipinski definition) is 3. The normalized spacial score (nSPS) is 19.3. The van der Waals surface area contributed by atoms with E-state index in [4.69, 9.17) is 0 Å². The molecule has 1 aliphatic heterocycles. The Kier molecular flexibility index (Phi) is 6.12. The van der Waals surface area contributed by atoms with Crippen LogP contribution in [0.3, 0.4) is 0 Å². The Morgan fingerprint density at radius 1 is 1.18 bits per heavy atom. The predicted molar refractivity (Wildman–Crippen MR) is 111 cm³/mol. The molecule has 148 valence electrons. The maximum absolute atomic E-state index is 13.2. The Bertz CT molecular complexity index is 835. The summed E-state index contributed by atoms with van der Waals surface area (Å²) in [6.45, 7) is 3.11. The summed E-state index contributed by atoms with van der Waals surface area (Å²) in [5.41, 5.74) is 2.70. The van der Waals surface area contributed by atoms with Gasteiger partial charge in [-0.1, -0.05) is 37.3 Å². The van der Waals surface area contributed by atoms with Gasteiger partial charge in [0.25, 0.3) is 0 Å². The number of rotatable bonds is 5. The lowest BCUT2D eigenvalue weighted by Gasteiger charge is -2.43. The maximum atomic E-state index is 13.2. The Balaban J connectivity index is 1.92. The minimum absolute atomic E-state index is 0.105. The Morgan fingerprint density at radius 3 is 2.64 bits per heavy atom. The van der Waals surface area contributed by atoms with Crippen LogP contribution in [0.15, 0.2) is 48.8 Å². The molecule has 1 aromatic heterocycles. The Labute approximate surface area is 167 Å². The first kappa shape index (κ1) is 20.1. The van der Waals surface area contributed by atoms with Crippen molar-refractivity contribution in [1.82, 2.24) is 14.8 Å². The number of likely N-dealkylation sites (tertiary alicyclic amines) is 1. The minimum Gasteiger partial charge on any atom is -0.348 e. The molecule has 5 heteroatoms. The van der Waals surface area contributed by atoms with E-state index in [1.165, 1.54) is 0 Å². The van der Waals surface area contributed by atoms with E-state index >= 15 is 0 Å². The number of nitrogens with zero attached hydrogens (tertiary/aromatic N) is 3. The lowest BCUT2D eigenvalue weighted by atomic mass is 9.73. The van der Waals surface area contributed by atoms with Crippen LogP contribution in [-0.2, 0) is 16.0 Å². The largest absolute Gasteiger partial charge is 0.348 e. The number of carbonyl (C=O) groups excluding carboxylic acids is 2. The number of aromatic nitrogens is 1. The monoisotopic (exact) mass is 379 g/mol. The second-order valence-corrected chi connectivity index (χ2v) is 7.87. The van der Waals surface area contributed by atoms with Crippen molar-refractivity contribution in [2.45, 2.75) is 32.6 Å². The summed E-state index contributed by atoms with van der Waals surface area (Å²) in [7, 11) is 3.60. The average molecular weight is 380 g/mol. The van der Waals surface area contributed by atoms with E-state index < -0.39 is 5.41 Å². The number of piperidine rings is 1. The molecule has 28 heavy (non-hydrogen) atoms. The lowest BCUT2D eigenvalue weighted by Crippen LogP contribution is -2.54. The highest BCUT2D eigenvalue weighted by atomic mass is 16.2. The highest BCUT2D eigenvalue weighted by Crippen LogP contribution is 2.36. The molecule has 0 unspecified atom stereocenters. The molecule has 1 atom stereocenters. The summed E-state index contributed by atoms with van der Waals surface area (Å²) in [5, 5.41) is 0. The van der Waals surface area contributed by atoms with Crippen LogP contribution in [0.5, 0.6) is 0 Å². The number of pyridine rings is 1. The van der Waals surface area contributed by atoms with Crippen LogP contribution in [0.2, 0.25) is 0 Å². The third kappa shape index (κ3) is 4.24. The third-order valence-corrected chi connectivity index (χ3v) is 5.56. The first-order valence-electron chi connectivity index (χ1n) is 9.94. The van der Waals surface area contributed by atoms with E-state index in [2.05, 4.69) is 23.2 Å². The zero-order chi connectivity index (χ0) is 20.1. The van der Waals surface area contributed by atoms with Crippen molar-refractivity contribution in [1.29, 1.82) is 0 Å². The fourth-order valence-electron chi connectivity index (χ4n) is 4.22. The first-order chi connectivity index (χ1) is 13.4. The summed E-state index contributed by atoms with van der Waals surface area (Å²) in [5.74, 6) is 0.229. The second kappa shape index (κ2) is 8.55. The third-order valence-electron chi connectivity index (χ3n) is 5.56. The smallest absolute Gasteiger partial charge is 0.230 e. The molecule has 2 heterocycles. The molecule has 0 bridgehead atoms. The molecule has 1 aromatic carbocycles. The zero-order valence-corrected chi connectivity index (χ0v) is 17.0. The van der Waals surface area contributed by atoms with Crippen LogP contribution in [0.25, 0.3) is 11.1 Å². The molecule has 2 aromatic rings. The van der Waals surface area contributed by atoms with Crippen molar-refractivity contribution in [3.8, 4) is 11.1 Å². The lowest BCUT2D eigenvalue weighted by molar-refractivity contribution is -0.147. The summed E-state index contributed by atoms with van der Waals surface area (Å²) in [6.07, 6.45) is 6.37. The van der Waals surface area contributed by atoms with Crippen LogP contribution in [0, 0.1) is 5.41 Å². The van der Waals surface area contributed by atoms with Gasteiger partial charge in [-0.25, -0.2) is 0 Å². The summed E-state index contributed by atoms with van der Waals surface area (Å²) >= 11 is 0. The van der Waals surface area contributed by atoms with E-state index in [0.29, 0.717) is 19.4 Å². The number of hydrogen-bond donors (Lipinski definition) is 0. The van der Waals surface area contributed by atoms with Gasteiger partial charge in [0.2, 0.25) is 11.8 Å². The van der Waals surface area contributed by atoms with Gasteiger partial charge in [0.15, 0.2) is 0 Å². The molecular weight excluding hydrogens is 350 g/mol. The summed E-state index contributed by atoms with van der Waals surface area (Å²) < 4.78 is 0. The number of benzene rings is 1. The van der Waals surface area contributed by atoms with Gasteiger partial charge >= 0.3 is 0 Å². The minimum atomic E-state index is -0.569. The fraction of sp³-hybridized carbons (Fsp3) is 0.435. The van der Waals surface area contributed by atoms with E-state index in [1.807, 2.05) is 36.2 Å². The molecule has 3 rings (SSSR count). The van der Waals surface area contributed by atoms with Gasteiger partial charge in [-0.3, -0.25) is 14.6 Å². The Morgan fingerprint density at radius 2 is 1.96 bits per heavy atom. The van der Waals surface area contributed by atoms with E-state index in [1.54, 1.807) is 25.2 Å². The van der Waals surface area contributed by atoms with Gasteiger partial charge in [-0.2, -0.15) is 0 Å². The molecule has 1 aliphatic rings. The maximum Gasteiger partial charge on any atom is 0.230 e. The van der Waals surface area contributed by atoms with Gasteiger partial charge in [0.05, 0.1) is 5.41 Å². The van der Waals surface area contributed by atoms with Gasteiger partial charge in [-0.05, 0) is 42.0 Å². The Hall–Kier alpha value is -2.69. The van der Waals surface area contributed by atoms with Crippen LogP contribution < -0.4 is 0 Å². The van der Waals surface area contributed by atoms with E-state index in [9.17, 15) is 9.59 Å². The highest BCUT2D eigenvalue weighted by molar-refractivity contribution is 5.84. The molecule has 0 spiro atoms. The van der Waals surface area contributed by atoms with Crippen molar-refractivity contribution in [2.75, 3.05) is 27.2 Å². The molecular formula is C23H29N3O2. The van der Waals surface area contributed by atoms with Gasteiger partial charge in [0, 0.05) is 46.0 Å². The van der Waals surface area contributed by atoms with Crippen molar-refractivity contribution < 1.29 is 9.59 Å². The molecule has 5 nitrogen and oxygen atoms in total. The molecule has 2 amide bonds. The molecule has 1 saturated heterocycles. The average Bonchev–Trinajstić information content (AvgIpc) is 2.73. The summed E-state index contributed by atoms with van der Waals surface area (Å²) in [6, 6.07) is 12.3. The van der Waals surface area contributed by atoms with Crippen LogP contribution in [0.1, 0.15) is 31.7 Å². The van der Waals surface area contributed by atoms with Crippen molar-refractivity contribution in [2.24, 2.45) is 5.41 Å². The van der Waals surface area contributed by atoms with Crippen LogP contribution in [-0.4, -0.2) is 53.8 Å². The SMILES string of the molecule is CCC(=O)N1CCC[C@@](Cc2cccc(-c3cccnc3)c2)(C(=O)N(C)C)C1. The highest BCUT2D eigenvalue weighted by Gasteiger charge is 2.44. The molecule has 1 fully saturated rings. The fourth-order valence-corrected chi connectivity index (χ4v) is 4.22. The van der Waals surface area contributed by atoms with Crippen molar-refractivity contribution in [3.05, 3.63) is 54.4 Å². The van der Waals surface area contributed by atoms with E-state index in [-0.39, 0.29) is 11.8 Å². The van der Waals surface area contributed by atoms with Gasteiger partial charge in [-0.15, -0.1) is 0 Å². The van der Waals surface area contributed by atoms with Crippen molar-refractivity contribution in [3.63, 3.8) is 0 Å². The molecule has 0 N–H and O–H groups in total. The second-order valence-electron chi connectivity index (χ2n) is 7.87. The molecule has 0 saturated carbocycles. The predicted octanol–water partition coefficient (Wildman–Crippen LogP) is 3.40. The zero-order valence-electron chi connectivity index (χ0n) is 17.0. The molecule has 0 radical (unpaired) electrons. The van der Waals surface area contributed by atoms with Gasteiger partial charge < -0.3 is 9.80 Å². The number of carbonyl (C=O) groups is 2. The van der Waals surface area contributed by atoms with Crippen molar-refractivity contribution >= 4 is 11.8 Å². The first-order valence-corrected chi connectivity index (χ1v) is 9.94. The quantitative estimate of drug-likeness (QED) is 0.800. The standard InChI is InChI=1S/C23H29N3O2/c1-4-21(27)26-13-7-11-23(17-26,22(28)25(2)3)15-18-8-5-9-19(14-18)20-10-6-12-24-16-20/h5-6,8-10,12,14,16H,4,7,11,13,15,17H2,1-3H3/t23-/m0/s1. The topological polar surface area (TPSA) is 53.5 Å². The van der Waals surface area contributed by atoms with Gasteiger partial charge in [0.1, 0.15) is 0 Å². The molecule has 0 aliphatic carbocycles. The number of amides is 2. The van der Waals surface area contributed by atoms with Crippen LogP contribution in [0.4, 0.5) is 0 Å². The van der Waals surface area contributed by atoms with E-state index in [0.717, 1.165) is 36.1 Å².